The molecular weight excluding hydrogens is 332 g/mol. The van der Waals surface area contributed by atoms with E-state index in [1.807, 2.05) is 0 Å². The van der Waals surface area contributed by atoms with Crippen LogP contribution < -0.4 is 0 Å². The topological polar surface area (TPSA) is 85.3 Å². The van der Waals surface area contributed by atoms with Crippen molar-refractivity contribution in [3.05, 3.63) is 0 Å². The molecule has 0 atom stereocenters. The van der Waals surface area contributed by atoms with E-state index in [4.69, 9.17) is 0 Å². The number of carbonyl (C=O) groups excluding carboxylic acids is 5. The van der Waals surface area contributed by atoms with E-state index < -0.39 is 30.2 Å². The molecule has 0 unspecified atom stereocenters. The molecule has 26 heavy (non-hydrogen) atoms. The molecule has 0 saturated carbocycles. The van der Waals surface area contributed by atoms with Crippen LogP contribution in [0.1, 0.15) is 104 Å². The van der Waals surface area contributed by atoms with Crippen LogP contribution in [0, 0.1) is 0 Å². The van der Waals surface area contributed by atoms with Crippen molar-refractivity contribution < 1.29 is 24.0 Å². The third-order valence-corrected chi connectivity index (χ3v) is 4.20. The molecule has 0 fully saturated rings. The van der Waals surface area contributed by atoms with Crippen LogP contribution in [-0.2, 0) is 24.0 Å². The summed E-state index contributed by atoms with van der Waals surface area (Å²) in [6.45, 7) is 4.16. The summed E-state index contributed by atoms with van der Waals surface area (Å²) in [4.78, 5) is 58.6. The zero-order chi connectivity index (χ0) is 19.8. The second-order valence-electron chi connectivity index (χ2n) is 7.02. The van der Waals surface area contributed by atoms with E-state index in [9.17, 15) is 24.0 Å². The van der Waals surface area contributed by atoms with Gasteiger partial charge in [0.05, 0.1) is 25.7 Å². The Labute approximate surface area is 157 Å². The Morgan fingerprint density at radius 1 is 0.423 bits per heavy atom. The fraction of sp³-hybridized carbons (Fsp3) is 0.762. The van der Waals surface area contributed by atoms with E-state index in [-0.39, 0.29) is 24.4 Å². The Morgan fingerprint density at radius 2 is 0.731 bits per heavy atom. The first kappa shape index (κ1) is 24.4. The molecule has 0 rings (SSSR count). The van der Waals surface area contributed by atoms with Crippen molar-refractivity contribution in [1.82, 2.24) is 0 Å². The predicted molar refractivity (Wildman–Crippen MR) is 101 cm³/mol. The van der Waals surface area contributed by atoms with Gasteiger partial charge in [-0.3, -0.25) is 24.0 Å². The number of carbonyl (C=O) groups is 5. The molecule has 5 heteroatoms. The number of rotatable bonds is 18. The first-order chi connectivity index (χ1) is 12.4. The molecule has 0 aliphatic carbocycles. The highest BCUT2D eigenvalue weighted by Gasteiger charge is 2.18. The van der Waals surface area contributed by atoms with Crippen LogP contribution in [-0.4, -0.2) is 28.9 Å². The van der Waals surface area contributed by atoms with Crippen molar-refractivity contribution in [2.24, 2.45) is 0 Å². The number of hydrogen-bond donors (Lipinski definition) is 0. The van der Waals surface area contributed by atoms with Gasteiger partial charge in [0.15, 0.2) is 0 Å². The van der Waals surface area contributed by atoms with Crippen molar-refractivity contribution in [1.29, 1.82) is 0 Å². The van der Waals surface area contributed by atoms with Gasteiger partial charge in [-0.25, -0.2) is 0 Å². The number of hydrogen-bond acceptors (Lipinski definition) is 5. The van der Waals surface area contributed by atoms with Crippen molar-refractivity contribution in [2.45, 2.75) is 104 Å². The molecule has 0 bridgehead atoms. The molecule has 0 amide bonds. The van der Waals surface area contributed by atoms with Gasteiger partial charge in [-0.1, -0.05) is 52.4 Å². The van der Waals surface area contributed by atoms with Crippen molar-refractivity contribution in [2.75, 3.05) is 0 Å². The lowest BCUT2D eigenvalue weighted by Crippen LogP contribution is -2.17. The quantitative estimate of drug-likeness (QED) is 0.266. The van der Waals surface area contributed by atoms with E-state index in [1.165, 1.54) is 0 Å². The summed E-state index contributed by atoms with van der Waals surface area (Å²) in [7, 11) is 0. The largest absolute Gasteiger partial charge is 0.299 e. The van der Waals surface area contributed by atoms with Crippen LogP contribution >= 0.6 is 0 Å². The lowest BCUT2D eigenvalue weighted by Gasteiger charge is -2.02. The number of unbranched alkanes of at least 4 members (excludes halogenated alkanes) is 6. The summed E-state index contributed by atoms with van der Waals surface area (Å²) in [5, 5.41) is 0. The molecular formula is C21H34O5. The molecule has 148 valence electrons. The lowest BCUT2D eigenvalue weighted by molar-refractivity contribution is -0.131. The Balaban J connectivity index is 3.94. The Hall–Kier alpha value is -1.65. The van der Waals surface area contributed by atoms with Crippen molar-refractivity contribution in [3.8, 4) is 0 Å². The van der Waals surface area contributed by atoms with E-state index in [0.717, 1.165) is 51.4 Å². The average molecular weight is 366 g/mol. The van der Waals surface area contributed by atoms with Gasteiger partial charge in [0.1, 0.15) is 28.9 Å². The molecule has 0 aliphatic rings. The molecule has 0 spiro atoms. The Morgan fingerprint density at radius 3 is 1.04 bits per heavy atom. The highest BCUT2D eigenvalue weighted by molar-refractivity contribution is 6.13. The van der Waals surface area contributed by atoms with Crippen LogP contribution in [0.15, 0.2) is 0 Å². The maximum absolute atomic E-state index is 11.8. The molecule has 0 aromatic rings. The maximum atomic E-state index is 11.8. The first-order valence-electron chi connectivity index (χ1n) is 9.97. The molecule has 0 heterocycles. The van der Waals surface area contributed by atoms with Crippen molar-refractivity contribution >= 4 is 28.9 Å². The molecule has 0 N–H and O–H groups in total. The van der Waals surface area contributed by atoms with Gasteiger partial charge in [-0.05, 0) is 12.8 Å². The third kappa shape index (κ3) is 14.7. The van der Waals surface area contributed by atoms with Gasteiger partial charge in [0, 0.05) is 12.8 Å². The molecule has 5 nitrogen and oxygen atoms in total. The highest BCUT2D eigenvalue weighted by atomic mass is 16.2. The summed E-state index contributed by atoms with van der Waals surface area (Å²) < 4.78 is 0. The van der Waals surface area contributed by atoms with Crippen LogP contribution in [0.4, 0.5) is 0 Å². The van der Waals surface area contributed by atoms with Gasteiger partial charge in [0.25, 0.3) is 0 Å². The van der Waals surface area contributed by atoms with E-state index >= 15 is 0 Å². The minimum absolute atomic E-state index is 0.146. The fourth-order valence-electron chi connectivity index (χ4n) is 2.74. The smallest absolute Gasteiger partial charge is 0.147 e. The predicted octanol–water partition coefficient (Wildman–Crippen LogP) is 4.33. The van der Waals surface area contributed by atoms with Gasteiger partial charge >= 0.3 is 0 Å². The number of Topliss-reactive ketones (excluding diaryl/α,β-unsaturated/α-hetero) is 5. The summed E-state index contributed by atoms with van der Waals surface area (Å²) >= 11 is 0. The van der Waals surface area contributed by atoms with Crippen LogP contribution in [0.3, 0.4) is 0 Å². The summed E-state index contributed by atoms with van der Waals surface area (Å²) in [6, 6.07) is 0. The zero-order valence-corrected chi connectivity index (χ0v) is 16.4. The monoisotopic (exact) mass is 366 g/mol. The third-order valence-electron chi connectivity index (χ3n) is 4.20. The first-order valence-corrected chi connectivity index (χ1v) is 9.97. The van der Waals surface area contributed by atoms with Crippen LogP contribution in [0.2, 0.25) is 0 Å². The van der Waals surface area contributed by atoms with E-state index in [1.54, 1.807) is 0 Å². The van der Waals surface area contributed by atoms with Gasteiger partial charge in [-0.2, -0.15) is 0 Å². The maximum Gasteiger partial charge on any atom is 0.147 e. The Kier molecular flexibility index (Phi) is 14.6. The summed E-state index contributed by atoms with van der Waals surface area (Å²) in [6.07, 6.45) is 7.26. The van der Waals surface area contributed by atoms with Crippen molar-refractivity contribution in [3.63, 3.8) is 0 Å². The zero-order valence-electron chi connectivity index (χ0n) is 16.4. The van der Waals surface area contributed by atoms with E-state index in [2.05, 4.69) is 13.8 Å². The van der Waals surface area contributed by atoms with Gasteiger partial charge < -0.3 is 0 Å². The van der Waals surface area contributed by atoms with Crippen LogP contribution in [0.25, 0.3) is 0 Å². The molecule has 0 saturated heterocycles. The number of ketones is 5. The second-order valence-corrected chi connectivity index (χ2v) is 7.02. The molecule has 0 aromatic heterocycles. The second kappa shape index (κ2) is 15.6. The average Bonchev–Trinajstić information content (AvgIpc) is 2.55. The molecule has 0 aliphatic heterocycles. The minimum Gasteiger partial charge on any atom is -0.299 e. The standard InChI is InChI=1S/C21H34O5/c1-3-5-7-9-11-17(22)13-19(24)15-21(26)16-20(25)14-18(23)12-10-8-6-4-2/h3-16H2,1-2H3. The lowest BCUT2D eigenvalue weighted by atomic mass is 10.00. The fourth-order valence-corrected chi connectivity index (χ4v) is 2.74. The summed E-state index contributed by atoms with van der Waals surface area (Å²) in [5.41, 5.74) is 0. The summed E-state index contributed by atoms with van der Waals surface area (Å²) in [5.74, 6) is -1.67. The van der Waals surface area contributed by atoms with Gasteiger partial charge in [0.2, 0.25) is 0 Å². The molecule has 0 radical (unpaired) electrons. The normalized spacial score (nSPS) is 10.5. The molecule has 0 aromatic carbocycles. The minimum atomic E-state index is -0.502. The van der Waals surface area contributed by atoms with E-state index in [0.29, 0.717) is 12.8 Å². The Bertz CT molecular complexity index is 437. The SMILES string of the molecule is CCCCCCC(=O)CC(=O)CC(=O)CC(=O)CC(=O)CCCCCC. The highest BCUT2D eigenvalue weighted by Crippen LogP contribution is 2.08. The van der Waals surface area contributed by atoms with Crippen LogP contribution in [0.5, 0.6) is 0 Å². The van der Waals surface area contributed by atoms with Gasteiger partial charge in [-0.15, -0.1) is 0 Å².